The summed E-state index contributed by atoms with van der Waals surface area (Å²) in [6, 6.07) is 18.9. The molecule has 0 spiro atoms. The summed E-state index contributed by atoms with van der Waals surface area (Å²) in [4.78, 5) is 48.1. The molecule has 0 saturated carbocycles. The highest BCUT2D eigenvalue weighted by Gasteiger charge is 2.44. The van der Waals surface area contributed by atoms with Gasteiger partial charge in [0, 0.05) is 11.8 Å². The number of nitro groups is 2. The maximum atomic E-state index is 13.1. The van der Waals surface area contributed by atoms with Crippen molar-refractivity contribution < 1.29 is 24.5 Å². The maximum Gasteiger partial charge on any atom is 0.300 e. The van der Waals surface area contributed by atoms with E-state index in [-0.39, 0.29) is 11.3 Å². The van der Waals surface area contributed by atoms with Crippen LogP contribution >= 0.6 is 0 Å². The van der Waals surface area contributed by atoms with Crippen molar-refractivity contribution in [2.45, 2.75) is 6.04 Å². The number of anilines is 2. The number of nitrogens with one attached hydrogen (secondary N) is 2. The summed E-state index contributed by atoms with van der Waals surface area (Å²) in [5.41, 5.74) is 3.94. The van der Waals surface area contributed by atoms with Crippen LogP contribution in [0.15, 0.2) is 90.2 Å². The second-order valence-electron chi connectivity index (χ2n) is 7.38. The summed E-state index contributed by atoms with van der Waals surface area (Å²) in [6.45, 7) is 0. The number of nitro benzene ring substituents is 2. The quantitative estimate of drug-likeness (QED) is 0.344. The zero-order valence-corrected chi connectivity index (χ0v) is 17.8. The second-order valence-corrected chi connectivity index (χ2v) is 7.38. The largest absolute Gasteiger partial charge is 0.503 e. The Hall–Kier alpha value is -5.26. The second kappa shape index (κ2) is 9.31. The first-order valence-electron chi connectivity index (χ1n) is 10.2. The molecule has 3 aromatic carbocycles. The molecule has 0 radical (unpaired) electrons. The van der Waals surface area contributed by atoms with Gasteiger partial charge in [-0.15, -0.1) is 0 Å². The molecule has 1 aliphatic rings. The fraction of sp³-hybridized carbons (Fsp3) is 0.0435. The third-order valence-corrected chi connectivity index (χ3v) is 5.30. The summed E-state index contributed by atoms with van der Waals surface area (Å²) in [5, 5.41) is 32.9. The molecule has 0 unspecified atom stereocenters. The molecule has 35 heavy (non-hydrogen) atoms. The molecule has 0 aliphatic carbocycles. The summed E-state index contributed by atoms with van der Waals surface area (Å²) in [6.07, 6.45) is 0. The van der Waals surface area contributed by atoms with Crippen molar-refractivity contribution in [2.75, 3.05) is 10.3 Å². The molecule has 3 aromatic rings. The lowest BCUT2D eigenvalue weighted by Gasteiger charge is -2.27. The summed E-state index contributed by atoms with van der Waals surface area (Å²) in [7, 11) is 0. The number of hydrogen-bond acceptors (Lipinski definition) is 8. The van der Waals surface area contributed by atoms with Gasteiger partial charge < -0.3 is 5.11 Å². The van der Waals surface area contributed by atoms with Crippen LogP contribution in [0.5, 0.6) is 0 Å². The highest BCUT2D eigenvalue weighted by molar-refractivity contribution is 6.16. The lowest BCUT2D eigenvalue weighted by molar-refractivity contribution is -0.393. The molecule has 1 aliphatic heterocycles. The van der Waals surface area contributed by atoms with Crippen molar-refractivity contribution in [1.82, 2.24) is 5.43 Å². The molecule has 12 nitrogen and oxygen atoms in total. The van der Waals surface area contributed by atoms with E-state index in [1.807, 2.05) is 0 Å². The van der Waals surface area contributed by atoms with Crippen LogP contribution in [0.4, 0.5) is 22.7 Å². The molecular weight excluding hydrogens is 458 g/mol. The zero-order valence-electron chi connectivity index (χ0n) is 17.8. The number of aliphatic hydroxyl groups excluding tert-OH is 1. The first-order chi connectivity index (χ1) is 16.8. The standard InChI is InChI=1S/C23H17N5O7/c29-21-19(22(30)25-24-17-12-11-16(27(32)33)13-18(17)28(34)35)20(14-7-3-1-4-8-14)26(23(21)31)15-9-5-2-6-10-15/h1-13,20,24,29H,(H,25,30)/t20-/m1/s1. The molecule has 176 valence electrons. The minimum atomic E-state index is -0.986. The molecule has 1 heterocycles. The lowest BCUT2D eigenvalue weighted by Crippen LogP contribution is -2.35. The van der Waals surface area contributed by atoms with Gasteiger partial charge in [-0.2, -0.15) is 0 Å². The van der Waals surface area contributed by atoms with E-state index in [0.29, 0.717) is 11.3 Å². The van der Waals surface area contributed by atoms with Crippen LogP contribution < -0.4 is 15.8 Å². The molecular formula is C23H17N5O7. The zero-order chi connectivity index (χ0) is 25.1. The minimum Gasteiger partial charge on any atom is -0.503 e. The average Bonchev–Trinajstić information content (AvgIpc) is 3.13. The fourth-order valence-electron chi connectivity index (χ4n) is 3.72. The van der Waals surface area contributed by atoms with Gasteiger partial charge in [0.25, 0.3) is 17.5 Å². The predicted octanol–water partition coefficient (Wildman–Crippen LogP) is 3.55. The Morgan fingerprint density at radius 3 is 2.14 bits per heavy atom. The molecule has 12 heteroatoms. The van der Waals surface area contributed by atoms with Crippen molar-refractivity contribution in [1.29, 1.82) is 0 Å². The number of hydrogen-bond donors (Lipinski definition) is 3. The Labute approximate surface area is 197 Å². The van der Waals surface area contributed by atoms with Crippen molar-refractivity contribution >= 4 is 34.6 Å². The molecule has 0 bridgehead atoms. The van der Waals surface area contributed by atoms with Gasteiger partial charge in [0.1, 0.15) is 5.69 Å². The topological polar surface area (TPSA) is 168 Å². The Balaban J connectivity index is 1.67. The van der Waals surface area contributed by atoms with E-state index < -0.39 is 44.8 Å². The number of amides is 2. The minimum absolute atomic E-state index is 0.227. The molecule has 1 atom stereocenters. The van der Waals surface area contributed by atoms with Gasteiger partial charge in [0.2, 0.25) is 0 Å². The van der Waals surface area contributed by atoms with E-state index in [0.717, 1.165) is 18.2 Å². The fourth-order valence-corrected chi connectivity index (χ4v) is 3.72. The number of hydrazine groups is 1. The number of non-ortho nitro benzene ring substituents is 1. The van der Waals surface area contributed by atoms with Gasteiger partial charge in [-0.1, -0.05) is 48.5 Å². The van der Waals surface area contributed by atoms with Crippen LogP contribution in [0, 0.1) is 20.2 Å². The number of para-hydroxylation sites is 1. The number of carbonyl (C=O) groups excluding carboxylic acids is 2. The Morgan fingerprint density at radius 2 is 1.54 bits per heavy atom. The van der Waals surface area contributed by atoms with Crippen molar-refractivity contribution in [2.24, 2.45) is 0 Å². The summed E-state index contributed by atoms with van der Waals surface area (Å²) < 4.78 is 0. The Kier molecular flexibility index (Phi) is 6.10. The highest BCUT2D eigenvalue weighted by Crippen LogP contribution is 2.40. The number of carbonyl (C=O) groups is 2. The predicted molar refractivity (Wildman–Crippen MR) is 124 cm³/mol. The van der Waals surface area contributed by atoms with Crippen LogP contribution in [-0.2, 0) is 9.59 Å². The van der Waals surface area contributed by atoms with Gasteiger partial charge >= 0.3 is 5.69 Å². The van der Waals surface area contributed by atoms with Crippen molar-refractivity contribution in [3.63, 3.8) is 0 Å². The van der Waals surface area contributed by atoms with Crippen LogP contribution in [0.2, 0.25) is 0 Å². The SMILES string of the molecule is O=C(NNc1ccc([N+](=O)[O-])cc1[N+](=O)[O-])C1=C(O)C(=O)N(c2ccccc2)[C@@H]1c1ccccc1. The molecule has 0 saturated heterocycles. The highest BCUT2D eigenvalue weighted by atomic mass is 16.6. The van der Waals surface area contributed by atoms with E-state index >= 15 is 0 Å². The van der Waals surface area contributed by atoms with E-state index in [1.54, 1.807) is 60.7 Å². The van der Waals surface area contributed by atoms with Gasteiger partial charge in [-0.3, -0.25) is 45.6 Å². The third kappa shape index (κ3) is 4.35. The van der Waals surface area contributed by atoms with E-state index in [1.165, 1.54) is 4.90 Å². The number of aliphatic hydroxyl groups is 1. The van der Waals surface area contributed by atoms with Crippen molar-refractivity contribution in [3.8, 4) is 0 Å². The third-order valence-electron chi connectivity index (χ3n) is 5.30. The summed E-state index contributed by atoms with van der Waals surface area (Å²) >= 11 is 0. The normalized spacial score (nSPS) is 15.1. The van der Waals surface area contributed by atoms with Crippen LogP contribution in [0.25, 0.3) is 0 Å². The molecule has 4 rings (SSSR count). The van der Waals surface area contributed by atoms with Gasteiger partial charge in [0.15, 0.2) is 5.76 Å². The molecule has 3 N–H and O–H groups in total. The molecule has 0 aromatic heterocycles. The van der Waals surface area contributed by atoms with Gasteiger partial charge in [0.05, 0.1) is 27.5 Å². The maximum absolute atomic E-state index is 13.1. The first-order valence-corrected chi connectivity index (χ1v) is 10.2. The smallest absolute Gasteiger partial charge is 0.300 e. The van der Waals surface area contributed by atoms with E-state index in [9.17, 15) is 34.9 Å². The molecule has 0 fully saturated rings. The van der Waals surface area contributed by atoms with Crippen molar-refractivity contribution in [3.05, 3.63) is 116 Å². The summed E-state index contributed by atoms with van der Waals surface area (Å²) in [5.74, 6) is -2.49. The monoisotopic (exact) mass is 475 g/mol. The van der Waals surface area contributed by atoms with Crippen LogP contribution in [0.1, 0.15) is 11.6 Å². The Morgan fingerprint density at radius 1 is 0.914 bits per heavy atom. The number of nitrogens with zero attached hydrogens (tertiary/aromatic N) is 3. The number of benzene rings is 3. The molecule has 2 amide bonds. The lowest BCUT2D eigenvalue weighted by atomic mass is 9.98. The average molecular weight is 475 g/mol. The Bertz CT molecular complexity index is 1360. The van der Waals surface area contributed by atoms with Gasteiger partial charge in [-0.25, -0.2) is 0 Å². The van der Waals surface area contributed by atoms with E-state index in [4.69, 9.17) is 0 Å². The van der Waals surface area contributed by atoms with Crippen LogP contribution in [-0.4, -0.2) is 26.8 Å². The number of rotatable bonds is 7. The van der Waals surface area contributed by atoms with Crippen LogP contribution in [0.3, 0.4) is 0 Å². The first kappa shape index (κ1) is 22.9. The van der Waals surface area contributed by atoms with E-state index in [2.05, 4.69) is 10.9 Å². The van der Waals surface area contributed by atoms with Gasteiger partial charge in [-0.05, 0) is 23.8 Å².